The van der Waals surface area contributed by atoms with E-state index < -0.39 is 11.8 Å². The predicted molar refractivity (Wildman–Crippen MR) is 137 cm³/mol. The Labute approximate surface area is 211 Å². The van der Waals surface area contributed by atoms with Gasteiger partial charge in [-0.05, 0) is 67.1 Å². The van der Waals surface area contributed by atoms with Crippen LogP contribution < -0.4 is 15.5 Å². The summed E-state index contributed by atoms with van der Waals surface area (Å²) in [7, 11) is 1.61. The fraction of sp³-hybridized carbons (Fsp3) is 0.240. The average molecular weight is 506 g/mol. The number of nitrogens with zero attached hydrogens (tertiary/aromatic N) is 3. The van der Waals surface area contributed by atoms with E-state index in [0.29, 0.717) is 16.3 Å². The lowest BCUT2D eigenvalue weighted by Crippen LogP contribution is -2.32. The molecule has 1 aliphatic rings. The number of carbonyl (C=O) groups is 2. The molecule has 0 spiro atoms. The molecule has 0 atom stereocenters. The van der Waals surface area contributed by atoms with E-state index in [1.165, 1.54) is 17.6 Å². The van der Waals surface area contributed by atoms with Crippen LogP contribution in [0.1, 0.15) is 40.0 Å². The number of anilines is 1. The molecule has 1 aliphatic carbocycles. The molecule has 0 unspecified atom stereocenters. The van der Waals surface area contributed by atoms with Crippen LogP contribution in [0.4, 0.5) is 5.00 Å². The highest BCUT2D eigenvalue weighted by Crippen LogP contribution is 2.37. The quantitative estimate of drug-likeness (QED) is 0.214. The first kappa shape index (κ1) is 24.4. The molecule has 2 heterocycles. The maximum atomic E-state index is 12.4. The Hall–Kier alpha value is -3.68. The zero-order valence-corrected chi connectivity index (χ0v) is 20.7. The number of thioether (sulfide) groups is 1. The highest BCUT2D eigenvalue weighted by molar-refractivity contribution is 7.98. The molecule has 4 rings (SSSR count). The Morgan fingerprint density at radius 1 is 1.26 bits per heavy atom. The Kier molecular flexibility index (Phi) is 8.13. The van der Waals surface area contributed by atoms with Gasteiger partial charge in [0.15, 0.2) is 0 Å². The Morgan fingerprint density at radius 3 is 2.89 bits per heavy atom. The van der Waals surface area contributed by atoms with Crippen LogP contribution in [0.3, 0.4) is 0 Å². The van der Waals surface area contributed by atoms with Crippen LogP contribution in [0.2, 0.25) is 0 Å². The van der Waals surface area contributed by atoms with Crippen molar-refractivity contribution in [2.75, 3.05) is 12.4 Å². The molecular weight excluding hydrogens is 482 g/mol. The van der Waals surface area contributed by atoms with Crippen LogP contribution in [0.15, 0.2) is 52.7 Å². The number of amides is 2. The van der Waals surface area contributed by atoms with Gasteiger partial charge < -0.3 is 10.1 Å². The molecule has 2 amide bonds. The summed E-state index contributed by atoms with van der Waals surface area (Å²) < 4.78 is 5.45. The van der Waals surface area contributed by atoms with Crippen molar-refractivity contribution in [1.82, 2.24) is 10.4 Å². The lowest BCUT2D eigenvalue weighted by atomic mass is 9.96. The molecule has 35 heavy (non-hydrogen) atoms. The summed E-state index contributed by atoms with van der Waals surface area (Å²) in [5.41, 5.74) is 5.39. The van der Waals surface area contributed by atoms with E-state index in [1.54, 1.807) is 31.1 Å². The smallest absolute Gasteiger partial charge is 0.329 e. The van der Waals surface area contributed by atoms with Gasteiger partial charge in [-0.25, -0.2) is 10.4 Å². The van der Waals surface area contributed by atoms with E-state index in [0.717, 1.165) is 58.0 Å². The summed E-state index contributed by atoms with van der Waals surface area (Å²) in [4.78, 5) is 30.0. The highest BCUT2D eigenvalue weighted by Gasteiger charge is 2.23. The molecule has 178 valence electrons. The molecular formula is C25H23N5O3S2. The van der Waals surface area contributed by atoms with E-state index >= 15 is 0 Å². The number of aryl methyl sites for hydroxylation is 1. The molecule has 3 aromatic rings. The van der Waals surface area contributed by atoms with E-state index in [-0.39, 0.29) is 0 Å². The van der Waals surface area contributed by atoms with Crippen molar-refractivity contribution >= 4 is 46.1 Å². The van der Waals surface area contributed by atoms with Crippen molar-refractivity contribution in [2.24, 2.45) is 5.10 Å². The highest BCUT2D eigenvalue weighted by atomic mass is 32.2. The summed E-state index contributed by atoms with van der Waals surface area (Å²) in [6, 6.07) is 13.4. The number of nitrogens with one attached hydrogen (secondary N) is 2. The Balaban J connectivity index is 1.37. The Morgan fingerprint density at radius 2 is 2.11 bits per heavy atom. The van der Waals surface area contributed by atoms with Crippen molar-refractivity contribution in [2.45, 2.75) is 36.5 Å². The lowest BCUT2D eigenvalue weighted by molar-refractivity contribution is -0.136. The largest absolute Gasteiger partial charge is 0.496 e. The number of benzene rings is 1. The number of methoxy groups -OCH3 is 1. The zero-order chi connectivity index (χ0) is 24.6. The lowest BCUT2D eigenvalue weighted by Gasteiger charge is -2.09. The first-order valence-corrected chi connectivity index (χ1v) is 12.8. The van der Waals surface area contributed by atoms with Gasteiger partial charge in [0.25, 0.3) is 0 Å². The topological polar surface area (TPSA) is 116 Å². The summed E-state index contributed by atoms with van der Waals surface area (Å²) in [6.07, 6.45) is 7.02. The van der Waals surface area contributed by atoms with E-state index in [9.17, 15) is 14.9 Å². The van der Waals surface area contributed by atoms with Crippen LogP contribution in [0.25, 0.3) is 0 Å². The van der Waals surface area contributed by atoms with Crippen LogP contribution in [0, 0.1) is 11.3 Å². The van der Waals surface area contributed by atoms with Gasteiger partial charge in [0.2, 0.25) is 0 Å². The SMILES string of the molecule is COc1ccc(/C=N\NC(=O)C(=O)Nc2sc3c(c2C#N)CCCC3)cc1CSc1ccccn1. The molecule has 0 fully saturated rings. The van der Waals surface area contributed by atoms with E-state index in [1.807, 2.05) is 30.3 Å². The molecule has 2 N–H and O–H groups in total. The standard InChI is InChI=1S/C25H23N5O3S2/c1-33-20-10-9-16(12-17(20)15-34-22-8-4-5-11-27-22)14-28-30-24(32)23(31)29-25-19(13-26)18-6-2-3-7-21(18)35-25/h4-5,8-12,14H,2-3,6-7,15H2,1H3,(H,29,31)(H,30,32)/b28-14-. The van der Waals surface area contributed by atoms with Gasteiger partial charge >= 0.3 is 11.8 Å². The number of hydrazone groups is 1. The number of aromatic nitrogens is 1. The molecule has 8 nitrogen and oxygen atoms in total. The minimum absolute atomic E-state index is 0.425. The van der Waals surface area contributed by atoms with Crippen molar-refractivity contribution in [1.29, 1.82) is 5.26 Å². The number of carbonyl (C=O) groups excluding carboxylic acids is 2. The minimum Gasteiger partial charge on any atom is -0.496 e. The number of pyridine rings is 1. The predicted octanol–water partition coefficient (Wildman–Crippen LogP) is 4.28. The molecule has 1 aromatic carbocycles. The summed E-state index contributed by atoms with van der Waals surface area (Å²) >= 11 is 2.95. The van der Waals surface area contributed by atoms with Gasteiger partial charge in [0.1, 0.15) is 16.8 Å². The normalized spacial score (nSPS) is 12.6. The fourth-order valence-electron chi connectivity index (χ4n) is 3.72. The molecule has 0 saturated heterocycles. The number of hydrogen-bond acceptors (Lipinski definition) is 8. The van der Waals surface area contributed by atoms with Crippen LogP contribution in [-0.4, -0.2) is 30.1 Å². The molecule has 10 heteroatoms. The Bertz CT molecular complexity index is 1300. The average Bonchev–Trinajstić information content (AvgIpc) is 3.24. The number of fused-ring (bicyclic) bond motifs is 1. The van der Waals surface area contributed by atoms with E-state index in [4.69, 9.17) is 4.74 Å². The maximum absolute atomic E-state index is 12.4. The van der Waals surface area contributed by atoms with Gasteiger partial charge in [0.05, 0.1) is 23.9 Å². The fourth-order valence-corrected chi connectivity index (χ4v) is 5.80. The summed E-state index contributed by atoms with van der Waals surface area (Å²) in [5.74, 6) is -0.390. The second kappa shape index (κ2) is 11.6. The van der Waals surface area contributed by atoms with Crippen molar-refractivity contribution in [3.8, 4) is 11.8 Å². The third-order valence-electron chi connectivity index (χ3n) is 5.41. The van der Waals surface area contributed by atoms with Crippen molar-refractivity contribution in [3.05, 3.63) is 69.7 Å². The number of thiophene rings is 1. The first-order valence-electron chi connectivity index (χ1n) is 11.0. The molecule has 2 aromatic heterocycles. The van der Waals surface area contributed by atoms with Crippen LogP contribution in [-0.2, 0) is 28.2 Å². The zero-order valence-electron chi connectivity index (χ0n) is 19.0. The second-order valence-electron chi connectivity index (χ2n) is 7.71. The number of nitriles is 1. The minimum atomic E-state index is -0.907. The van der Waals surface area contributed by atoms with Gasteiger partial charge in [0, 0.05) is 22.4 Å². The van der Waals surface area contributed by atoms with Crippen molar-refractivity contribution in [3.63, 3.8) is 0 Å². The van der Waals surface area contributed by atoms with Gasteiger partial charge in [-0.1, -0.05) is 6.07 Å². The maximum Gasteiger partial charge on any atom is 0.329 e. The molecule has 0 aliphatic heterocycles. The summed E-state index contributed by atoms with van der Waals surface area (Å²) in [6.45, 7) is 0. The number of ether oxygens (including phenoxy) is 1. The van der Waals surface area contributed by atoms with E-state index in [2.05, 4.69) is 26.9 Å². The van der Waals surface area contributed by atoms with Gasteiger partial charge in [-0.3, -0.25) is 9.59 Å². The number of hydrogen-bond donors (Lipinski definition) is 2. The second-order valence-corrected chi connectivity index (χ2v) is 9.81. The first-order chi connectivity index (χ1) is 17.1. The van der Waals surface area contributed by atoms with Crippen LogP contribution >= 0.6 is 23.1 Å². The van der Waals surface area contributed by atoms with Crippen LogP contribution in [0.5, 0.6) is 5.75 Å². The molecule has 0 radical (unpaired) electrons. The molecule has 0 saturated carbocycles. The summed E-state index contributed by atoms with van der Waals surface area (Å²) in [5, 5.41) is 17.3. The number of rotatable bonds is 7. The van der Waals surface area contributed by atoms with Gasteiger partial charge in [-0.15, -0.1) is 23.1 Å². The molecule has 0 bridgehead atoms. The van der Waals surface area contributed by atoms with Crippen molar-refractivity contribution < 1.29 is 14.3 Å². The monoisotopic (exact) mass is 505 g/mol. The van der Waals surface area contributed by atoms with Gasteiger partial charge in [-0.2, -0.15) is 10.4 Å². The third-order valence-corrected chi connectivity index (χ3v) is 7.61. The third kappa shape index (κ3) is 6.07.